The van der Waals surface area contributed by atoms with Gasteiger partial charge in [-0.05, 0) is 87.9 Å². The third-order valence-electron chi connectivity index (χ3n) is 11.6. The highest BCUT2D eigenvalue weighted by Crippen LogP contribution is 2.40. The number of nitrogens with zero attached hydrogens (tertiary/aromatic N) is 6. The molecule has 13 rings (SSSR count). The number of hydrogen-bond acceptors (Lipinski definition) is 3. The number of aromatic nitrogens is 6. The molecule has 0 saturated carbocycles. The molecule has 6 nitrogen and oxygen atoms in total. The summed E-state index contributed by atoms with van der Waals surface area (Å²) >= 11 is 0. The minimum absolute atomic E-state index is 0.820. The highest BCUT2D eigenvalue weighted by atomic mass is 15.2. The maximum Gasteiger partial charge on any atom is 0.221 e. The fourth-order valence-corrected chi connectivity index (χ4v) is 9.14. The second-order valence-corrected chi connectivity index (χ2v) is 14.5. The summed E-state index contributed by atoms with van der Waals surface area (Å²) < 4.78 is 6.88. The van der Waals surface area contributed by atoms with Gasteiger partial charge < -0.3 is 0 Å². The number of pyridine rings is 1. The standard InChI is InChI=1S/C49H28N6/c1-2-12-32-29(11-1)21-25-35-34-24-22-31(28-45(34)53-43-19-9-6-16-39(43)51-48(53)46(32)35)30-23-26-42-37(27-30)33-13-4-8-18-41(33)54(42)49-52-38-15-5-3-14-36(38)47-50-40-17-7-10-20-44(40)55(47)49/h1-28H. The normalized spacial score (nSPS) is 12.4. The molecule has 6 heteroatoms. The molecule has 0 fully saturated rings. The number of hydrogen-bond donors (Lipinski definition) is 0. The van der Waals surface area contributed by atoms with Gasteiger partial charge >= 0.3 is 0 Å². The first kappa shape index (κ1) is 28.9. The van der Waals surface area contributed by atoms with Crippen LogP contribution >= 0.6 is 0 Å². The molecule has 8 aromatic carbocycles. The van der Waals surface area contributed by atoms with Crippen molar-refractivity contribution in [2.45, 2.75) is 0 Å². The zero-order valence-corrected chi connectivity index (χ0v) is 29.3. The van der Waals surface area contributed by atoms with Crippen LogP contribution in [0.1, 0.15) is 0 Å². The van der Waals surface area contributed by atoms with Crippen LogP contribution < -0.4 is 0 Å². The van der Waals surface area contributed by atoms with Gasteiger partial charge in [-0.25, -0.2) is 15.0 Å². The van der Waals surface area contributed by atoms with Gasteiger partial charge in [0.25, 0.3) is 0 Å². The van der Waals surface area contributed by atoms with Crippen LogP contribution in [0.5, 0.6) is 0 Å². The van der Waals surface area contributed by atoms with E-state index in [1.54, 1.807) is 0 Å². The maximum atomic E-state index is 5.35. The smallest absolute Gasteiger partial charge is 0.221 e. The van der Waals surface area contributed by atoms with Crippen molar-refractivity contribution >= 4 is 98.5 Å². The molecular formula is C49H28N6. The molecule has 0 amide bonds. The Balaban J connectivity index is 1.09. The first-order valence-corrected chi connectivity index (χ1v) is 18.6. The van der Waals surface area contributed by atoms with Crippen LogP contribution in [0.4, 0.5) is 0 Å². The SMILES string of the molecule is c1ccc2c(c1)ccc1c3ccc(-c4ccc5c(c4)c4ccccc4n5-c4nc5ccccc5c5nc6ccccc6n45)cc3n3c4ccccc4nc3c21. The van der Waals surface area contributed by atoms with Crippen LogP contribution in [0, 0.1) is 0 Å². The lowest BCUT2D eigenvalue weighted by Gasteiger charge is -2.14. The van der Waals surface area contributed by atoms with Crippen molar-refractivity contribution in [3.8, 4) is 17.1 Å². The van der Waals surface area contributed by atoms with Gasteiger partial charge in [-0.3, -0.25) is 13.4 Å². The molecular weight excluding hydrogens is 673 g/mol. The van der Waals surface area contributed by atoms with Crippen LogP contribution in [-0.4, -0.2) is 28.3 Å². The molecule has 55 heavy (non-hydrogen) atoms. The van der Waals surface area contributed by atoms with E-state index in [0.717, 1.165) is 77.9 Å². The van der Waals surface area contributed by atoms with E-state index in [0.29, 0.717) is 0 Å². The van der Waals surface area contributed by atoms with Gasteiger partial charge in [0.2, 0.25) is 5.95 Å². The molecule has 0 aliphatic rings. The van der Waals surface area contributed by atoms with Crippen LogP contribution in [0.15, 0.2) is 170 Å². The number of benzene rings is 8. The minimum Gasteiger partial charge on any atom is -0.292 e. The molecule has 5 heterocycles. The molecule has 0 atom stereocenters. The molecule has 13 aromatic rings. The average Bonchev–Trinajstić information content (AvgIpc) is 3.93. The first-order valence-electron chi connectivity index (χ1n) is 18.6. The summed E-state index contributed by atoms with van der Waals surface area (Å²) in [5, 5.41) is 9.41. The predicted molar refractivity (Wildman–Crippen MR) is 227 cm³/mol. The van der Waals surface area contributed by atoms with Crippen molar-refractivity contribution in [3.05, 3.63) is 170 Å². The summed E-state index contributed by atoms with van der Waals surface area (Å²) in [7, 11) is 0. The lowest BCUT2D eigenvalue weighted by Crippen LogP contribution is -2.06. The fraction of sp³-hybridized carbons (Fsp3) is 0. The van der Waals surface area contributed by atoms with Crippen LogP contribution in [0.25, 0.3) is 116 Å². The number of fused-ring (bicyclic) bond motifs is 18. The number of rotatable bonds is 2. The van der Waals surface area contributed by atoms with Crippen molar-refractivity contribution in [1.82, 2.24) is 28.3 Å². The summed E-state index contributed by atoms with van der Waals surface area (Å²) in [4.78, 5) is 15.7. The quantitative estimate of drug-likeness (QED) is 0.169. The van der Waals surface area contributed by atoms with E-state index in [1.165, 1.54) is 37.7 Å². The van der Waals surface area contributed by atoms with E-state index in [4.69, 9.17) is 15.0 Å². The van der Waals surface area contributed by atoms with Crippen molar-refractivity contribution in [3.63, 3.8) is 0 Å². The van der Waals surface area contributed by atoms with Gasteiger partial charge in [0, 0.05) is 26.9 Å². The lowest BCUT2D eigenvalue weighted by atomic mass is 9.97. The van der Waals surface area contributed by atoms with E-state index in [9.17, 15) is 0 Å². The molecule has 0 aliphatic heterocycles. The summed E-state index contributed by atoms with van der Waals surface area (Å²) in [5.74, 6) is 0.820. The zero-order chi connectivity index (χ0) is 35.8. The summed E-state index contributed by atoms with van der Waals surface area (Å²) in [6.07, 6.45) is 0. The van der Waals surface area contributed by atoms with E-state index in [-0.39, 0.29) is 0 Å². The molecule has 5 aromatic heterocycles. The Kier molecular flexibility index (Phi) is 5.54. The maximum absolute atomic E-state index is 5.35. The van der Waals surface area contributed by atoms with Gasteiger partial charge in [0.05, 0.1) is 44.1 Å². The Morgan fingerprint density at radius 1 is 0.327 bits per heavy atom. The zero-order valence-electron chi connectivity index (χ0n) is 29.3. The Morgan fingerprint density at radius 3 is 1.75 bits per heavy atom. The second-order valence-electron chi connectivity index (χ2n) is 14.5. The predicted octanol–water partition coefficient (Wildman–Crippen LogP) is 12.1. The van der Waals surface area contributed by atoms with Gasteiger partial charge in [0.15, 0.2) is 0 Å². The molecule has 0 unspecified atom stereocenters. The highest BCUT2D eigenvalue weighted by molar-refractivity contribution is 6.23. The van der Waals surface area contributed by atoms with E-state index < -0.39 is 0 Å². The Bertz CT molecular complexity index is 3790. The summed E-state index contributed by atoms with van der Waals surface area (Å²) in [6.45, 7) is 0. The van der Waals surface area contributed by atoms with Crippen molar-refractivity contribution in [1.29, 1.82) is 0 Å². The Hall–Kier alpha value is -7.57. The fourth-order valence-electron chi connectivity index (χ4n) is 9.14. The third kappa shape index (κ3) is 3.84. The summed E-state index contributed by atoms with van der Waals surface area (Å²) in [5.41, 5.74) is 12.5. The van der Waals surface area contributed by atoms with Crippen molar-refractivity contribution < 1.29 is 0 Å². The highest BCUT2D eigenvalue weighted by Gasteiger charge is 2.21. The van der Waals surface area contributed by atoms with Gasteiger partial charge in [-0.15, -0.1) is 0 Å². The molecule has 0 spiro atoms. The molecule has 0 bridgehead atoms. The lowest BCUT2D eigenvalue weighted by molar-refractivity contribution is 0.979. The van der Waals surface area contributed by atoms with Gasteiger partial charge in [-0.1, -0.05) is 109 Å². The third-order valence-corrected chi connectivity index (χ3v) is 11.6. The Morgan fingerprint density at radius 2 is 0.909 bits per heavy atom. The largest absolute Gasteiger partial charge is 0.292 e. The van der Waals surface area contributed by atoms with Crippen molar-refractivity contribution in [2.75, 3.05) is 0 Å². The first-order chi connectivity index (χ1) is 27.3. The van der Waals surface area contributed by atoms with Gasteiger partial charge in [0.1, 0.15) is 11.3 Å². The van der Waals surface area contributed by atoms with Crippen LogP contribution in [-0.2, 0) is 0 Å². The summed E-state index contributed by atoms with van der Waals surface area (Å²) in [6, 6.07) is 60.6. The van der Waals surface area contributed by atoms with Gasteiger partial charge in [-0.2, -0.15) is 0 Å². The monoisotopic (exact) mass is 700 g/mol. The molecule has 0 aliphatic carbocycles. The number of imidazole rings is 2. The Labute approximate surface area is 312 Å². The van der Waals surface area contributed by atoms with Crippen LogP contribution in [0.2, 0.25) is 0 Å². The number of para-hydroxylation sites is 6. The minimum atomic E-state index is 0.820. The topological polar surface area (TPSA) is 52.4 Å². The molecule has 254 valence electrons. The molecule has 0 N–H and O–H groups in total. The molecule has 0 radical (unpaired) electrons. The van der Waals surface area contributed by atoms with Crippen molar-refractivity contribution in [2.24, 2.45) is 0 Å². The molecule has 0 saturated heterocycles. The van der Waals surface area contributed by atoms with E-state index in [1.807, 2.05) is 12.1 Å². The van der Waals surface area contributed by atoms with E-state index >= 15 is 0 Å². The average molecular weight is 701 g/mol. The van der Waals surface area contributed by atoms with Crippen LogP contribution in [0.3, 0.4) is 0 Å². The van der Waals surface area contributed by atoms with E-state index in [2.05, 4.69) is 171 Å². The second kappa shape index (κ2) is 10.5.